The van der Waals surface area contributed by atoms with E-state index in [0.29, 0.717) is 28.6 Å². The molecular formula is C21H22BrClN4O2. The maximum atomic E-state index is 12.1. The molecule has 0 radical (unpaired) electrons. The van der Waals surface area contributed by atoms with Gasteiger partial charge in [-0.15, -0.1) is 5.10 Å². The number of nitrogens with one attached hydrogen (secondary N) is 1. The smallest absolute Gasteiger partial charge is 0.280 e. The summed E-state index contributed by atoms with van der Waals surface area (Å²) in [5, 5.41) is 7.32. The standard InChI is InChI=1S/C21H22BrClN4O2/c1-14(12-15-5-7-16(23)8-6-15)9-11-29-21-19(18(22)20(28)25-26-21)27(2)17-4-3-10-24-13-17/h3-8,10,13-14H,9,11-12H2,1-2H3,(H,25,28). The number of anilines is 2. The number of hydrogen-bond donors (Lipinski definition) is 1. The number of pyridine rings is 1. The first-order valence-corrected chi connectivity index (χ1v) is 10.4. The van der Waals surface area contributed by atoms with E-state index >= 15 is 0 Å². The van der Waals surface area contributed by atoms with Crippen LogP contribution in [-0.4, -0.2) is 28.8 Å². The SMILES string of the molecule is CC(CCOc1n[nH]c(=O)c(Br)c1N(C)c1cccnc1)Cc1ccc(Cl)cc1. The van der Waals surface area contributed by atoms with Gasteiger partial charge in [0.05, 0.1) is 18.5 Å². The van der Waals surface area contributed by atoms with Gasteiger partial charge in [-0.25, -0.2) is 5.10 Å². The zero-order valence-electron chi connectivity index (χ0n) is 16.2. The average molecular weight is 478 g/mol. The lowest BCUT2D eigenvalue weighted by molar-refractivity contribution is 0.271. The molecule has 0 fully saturated rings. The van der Waals surface area contributed by atoms with Crippen molar-refractivity contribution in [3.05, 3.63) is 74.2 Å². The van der Waals surface area contributed by atoms with Crippen LogP contribution in [0.2, 0.25) is 5.02 Å². The topological polar surface area (TPSA) is 71.1 Å². The minimum absolute atomic E-state index is 0.320. The van der Waals surface area contributed by atoms with E-state index in [4.69, 9.17) is 16.3 Å². The fourth-order valence-corrected chi connectivity index (χ4v) is 3.61. The molecule has 0 aliphatic carbocycles. The Labute approximate surface area is 183 Å². The van der Waals surface area contributed by atoms with Crippen molar-refractivity contribution in [1.29, 1.82) is 0 Å². The summed E-state index contributed by atoms with van der Waals surface area (Å²) >= 11 is 9.31. The van der Waals surface area contributed by atoms with Crippen molar-refractivity contribution in [3.8, 4) is 5.88 Å². The molecule has 0 bridgehead atoms. The Balaban J connectivity index is 1.68. The highest BCUT2D eigenvalue weighted by atomic mass is 79.9. The van der Waals surface area contributed by atoms with Gasteiger partial charge in [-0.2, -0.15) is 0 Å². The molecule has 2 heterocycles. The number of H-pyrrole nitrogens is 1. The second kappa shape index (κ2) is 9.89. The molecule has 6 nitrogen and oxygen atoms in total. The van der Waals surface area contributed by atoms with Gasteiger partial charge < -0.3 is 9.64 Å². The molecule has 3 rings (SSSR count). The van der Waals surface area contributed by atoms with Crippen LogP contribution in [0.3, 0.4) is 0 Å². The van der Waals surface area contributed by atoms with Crippen LogP contribution in [0.1, 0.15) is 18.9 Å². The van der Waals surface area contributed by atoms with Crippen LogP contribution < -0.4 is 15.2 Å². The maximum Gasteiger partial charge on any atom is 0.280 e. The quantitative estimate of drug-likeness (QED) is 0.494. The van der Waals surface area contributed by atoms with Crippen LogP contribution in [0, 0.1) is 5.92 Å². The van der Waals surface area contributed by atoms with Crippen molar-refractivity contribution < 1.29 is 4.74 Å². The fourth-order valence-electron chi connectivity index (χ4n) is 2.96. The van der Waals surface area contributed by atoms with Crippen molar-refractivity contribution in [1.82, 2.24) is 15.2 Å². The third kappa shape index (κ3) is 5.58. The highest BCUT2D eigenvalue weighted by molar-refractivity contribution is 9.10. The van der Waals surface area contributed by atoms with Crippen LogP contribution in [0.5, 0.6) is 5.88 Å². The normalized spacial score (nSPS) is 11.9. The molecule has 0 aliphatic heterocycles. The van der Waals surface area contributed by atoms with E-state index in [1.54, 1.807) is 12.4 Å². The van der Waals surface area contributed by atoms with Crippen LogP contribution in [0.25, 0.3) is 0 Å². The van der Waals surface area contributed by atoms with Crippen molar-refractivity contribution in [2.75, 3.05) is 18.6 Å². The molecule has 29 heavy (non-hydrogen) atoms. The molecule has 0 saturated heterocycles. The number of nitrogens with zero attached hydrogens (tertiary/aromatic N) is 3. The van der Waals surface area contributed by atoms with Gasteiger partial charge in [-0.3, -0.25) is 9.78 Å². The minimum Gasteiger partial charge on any atom is -0.475 e. The highest BCUT2D eigenvalue weighted by Gasteiger charge is 2.19. The van der Waals surface area contributed by atoms with E-state index in [9.17, 15) is 4.79 Å². The molecule has 1 N–H and O–H groups in total. The van der Waals surface area contributed by atoms with Crippen molar-refractivity contribution in [3.63, 3.8) is 0 Å². The lowest BCUT2D eigenvalue weighted by Gasteiger charge is -2.22. The number of hydrogen-bond acceptors (Lipinski definition) is 5. The Morgan fingerprint density at radius 3 is 2.72 bits per heavy atom. The Kier molecular flexibility index (Phi) is 7.28. The number of benzene rings is 1. The van der Waals surface area contributed by atoms with Crippen LogP contribution in [-0.2, 0) is 6.42 Å². The van der Waals surface area contributed by atoms with E-state index in [-0.39, 0.29) is 5.56 Å². The third-order valence-electron chi connectivity index (χ3n) is 4.58. The minimum atomic E-state index is -0.320. The summed E-state index contributed by atoms with van der Waals surface area (Å²) in [6.45, 7) is 2.66. The lowest BCUT2D eigenvalue weighted by atomic mass is 9.99. The summed E-state index contributed by atoms with van der Waals surface area (Å²) in [4.78, 5) is 18.0. The molecule has 8 heteroatoms. The van der Waals surface area contributed by atoms with Crippen molar-refractivity contribution in [2.45, 2.75) is 19.8 Å². The van der Waals surface area contributed by atoms with Gasteiger partial charge in [0, 0.05) is 18.3 Å². The van der Waals surface area contributed by atoms with E-state index in [2.05, 4.69) is 38.0 Å². The molecule has 0 saturated carbocycles. The zero-order chi connectivity index (χ0) is 20.8. The fraction of sp³-hybridized carbons (Fsp3) is 0.286. The molecule has 1 unspecified atom stereocenters. The maximum absolute atomic E-state index is 12.1. The van der Waals surface area contributed by atoms with Gasteiger partial charge in [0.15, 0.2) is 0 Å². The molecule has 0 amide bonds. The number of aromatic amines is 1. The Morgan fingerprint density at radius 1 is 1.28 bits per heavy atom. The first kappa shape index (κ1) is 21.3. The van der Waals surface area contributed by atoms with Gasteiger partial charge in [-0.1, -0.05) is 30.7 Å². The molecule has 1 aromatic carbocycles. The summed E-state index contributed by atoms with van der Waals surface area (Å²) < 4.78 is 6.31. The summed E-state index contributed by atoms with van der Waals surface area (Å²) in [5.74, 6) is 0.781. The molecule has 152 valence electrons. The Hall–Kier alpha value is -2.38. The third-order valence-corrected chi connectivity index (χ3v) is 5.57. The zero-order valence-corrected chi connectivity index (χ0v) is 18.6. The number of halogens is 2. The van der Waals surface area contributed by atoms with Crippen LogP contribution >= 0.6 is 27.5 Å². The van der Waals surface area contributed by atoms with Crippen LogP contribution in [0.15, 0.2) is 58.1 Å². The average Bonchev–Trinajstić information content (AvgIpc) is 2.73. The molecule has 0 spiro atoms. The van der Waals surface area contributed by atoms with Gasteiger partial charge >= 0.3 is 0 Å². The first-order valence-electron chi connectivity index (χ1n) is 9.25. The number of ether oxygens (including phenoxy) is 1. The van der Waals surface area contributed by atoms with E-state index in [0.717, 1.165) is 23.6 Å². The monoisotopic (exact) mass is 476 g/mol. The molecule has 3 aromatic rings. The molecular weight excluding hydrogens is 456 g/mol. The summed E-state index contributed by atoms with van der Waals surface area (Å²) in [6.07, 6.45) is 5.19. The van der Waals surface area contributed by atoms with Gasteiger partial charge in [0.1, 0.15) is 10.2 Å². The lowest BCUT2D eigenvalue weighted by Crippen LogP contribution is -2.20. The molecule has 1 atom stereocenters. The Bertz CT molecular complexity index is 996. The van der Waals surface area contributed by atoms with E-state index in [1.807, 2.05) is 48.3 Å². The van der Waals surface area contributed by atoms with Gasteiger partial charge in [0.2, 0.25) is 0 Å². The molecule has 0 aliphatic rings. The molecule has 2 aromatic heterocycles. The number of aromatic nitrogens is 3. The largest absolute Gasteiger partial charge is 0.475 e. The highest BCUT2D eigenvalue weighted by Crippen LogP contribution is 2.35. The first-order chi connectivity index (χ1) is 14.0. The van der Waals surface area contributed by atoms with Crippen LogP contribution in [0.4, 0.5) is 11.4 Å². The predicted molar refractivity (Wildman–Crippen MR) is 119 cm³/mol. The second-order valence-electron chi connectivity index (χ2n) is 6.86. The predicted octanol–water partition coefficient (Wildman–Crippen LogP) is 5.00. The summed E-state index contributed by atoms with van der Waals surface area (Å²) in [5.41, 5.74) is 2.30. The second-order valence-corrected chi connectivity index (χ2v) is 8.09. The van der Waals surface area contributed by atoms with Crippen molar-refractivity contribution >= 4 is 38.9 Å². The summed E-state index contributed by atoms with van der Waals surface area (Å²) in [6, 6.07) is 11.6. The summed E-state index contributed by atoms with van der Waals surface area (Å²) in [7, 11) is 1.84. The Morgan fingerprint density at radius 2 is 2.03 bits per heavy atom. The van der Waals surface area contributed by atoms with Gasteiger partial charge in [-0.05, 0) is 64.5 Å². The number of rotatable bonds is 8. The van der Waals surface area contributed by atoms with E-state index < -0.39 is 0 Å². The van der Waals surface area contributed by atoms with E-state index in [1.165, 1.54) is 5.56 Å². The van der Waals surface area contributed by atoms with Gasteiger partial charge in [0.25, 0.3) is 11.4 Å². The van der Waals surface area contributed by atoms with Crippen molar-refractivity contribution in [2.24, 2.45) is 5.92 Å².